The lowest BCUT2D eigenvalue weighted by atomic mass is 10.2. The summed E-state index contributed by atoms with van der Waals surface area (Å²) in [4.78, 5) is 19.6. The van der Waals surface area contributed by atoms with Gasteiger partial charge in [-0.3, -0.25) is 9.36 Å². The summed E-state index contributed by atoms with van der Waals surface area (Å²) in [5.41, 5.74) is 7.86. The molecule has 0 spiro atoms. The van der Waals surface area contributed by atoms with Crippen LogP contribution in [-0.4, -0.2) is 27.0 Å². The predicted octanol–water partition coefficient (Wildman–Crippen LogP) is 1.55. The molecule has 1 aromatic carbocycles. The second-order valence-corrected chi connectivity index (χ2v) is 4.37. The lowest BCUT2D eigenvalue weighted by Gasteiger charge is -2.03. The van der Waals surface area contributed by atoms with Crippen molar-refractivity contribution in [2.45, 2.75) is 6.42 Å². The van der Waals surface area contributed by atoms with Gasteiger partial charge in [-0.15, -0.1) is 0 Å². The number of fused-ring (bicyclic) bond motifs is 1. The second-order valence-electron chi connectivity index (χ2n) is 4.37. The van der Waals surface area contributed by atoms with Crippen molar-refractivity contribution in [3.05, 3.63) is 54.2 Å². The fourth-order valence-electron chi connectivity index (χ4n) is 2.16. The number of H-pyrrole nitrogens is 1. The first kappa shape index (κ1) is 11.7. The zero-order valence-electron chi connectivity index (χ0n) is 10.3. The Labute approximate surface area is 110 Å². The van der Waals surface area contributed by atoms with Gasteiger partial charge in [0.05, 0.1) is 0 Å². The minimum absolute atomic E-state index is 0.114. The fraction of sp³-hybridized carbons (Fsp3) is 0.143. The van der Waals surface area contributed by atoms with Crippen molar-refractivity contribution in [1.82, 2.24) is 14.5 Å². The molecule has 0 unspecified atom stereocenters. The molecule has 96 valence electrons. The largest absolute Gasteiger partial charge is 0.351 e. The van der Waals surface area contributed by atoms with Gasteiger partial charge >= 0.3 is 0 Å². The van der Waals surface area contributed by atoms with Crippen molar-refractivity contribution in [3.8, 4) is 0 Å². The normalized spacial score (nSPS) is 11.0. The van der Waals surface area contributed by atoms with E-state index < -0.39 is 0 Å². The summed E-state index contributed by atoms with van der Waals surface area (Å²) >= 11 is 0. The number of para-hydroxylation sites is 1. The van der Waals surface area contributed by atoms with E-state index in [-0.39, 0.29) is 5.91 Å². The van der Waals surface area contributed by atoms with Crippen LogP contribution in [0.15, 0.2) is 42.9 Å². The van der Waals surface area contributed by atoms with Gasteiger partial charge in [-0.2, -0.15) is 0 Å². The van der Waals surface area contributed by atoms with Crippen molar-refractivity contribution in [1.29, 1.82) is 0 Å². The highest BCUT2D eigenvalue weighted by molar-refractivity contribution is 5.99. The maximum atomic E-state index is 12.4. The molecule has 0 aliphatic carbocycles. The topological polar surface area (TPSA) is 76.7 Å². The van der Waals surface area contributed by atoms with Crippen molar-refractivity contribution < 1.29 is 4.79 Å². The summed E-state index contributed by atoms with van der Waals surface area (Å²) in [7, 11) is 0. The van der Waals surface area contributed by atoms with Gasteiger partial charge in [0.25, 0.3) is 5.91 Å². The molecule has 0 radical (unpaired) electrons. The number of nitrogens with zero attached hydrogens (tertiary/aromatic N) is 2. The van der Waals surface area contributed by atoms with Crippen molar-refractivity contribution in [3.63, 3.8) is 0 Å². The summed E-state index contributed by atoms with van der Waals surface area (Å²) in [5, 5.41) is 1.02. The van der Waals surface area contributed by atoms with Gasteiger partial charge in [-0.25, -0.2) is 4.98 Å². The van der Waals surface area contributed by atoms with Crippen LogP contribution in [0.3, 0.4) is 0 Å². The zero-order valence-corrected chi connectivity index (χ0v) is 10.3. The Bertz CT molecular complexity index is 693. The third kappa shape index (κ3) is 2.04. The molecule has 2 heterocycles. The molecule has 3 rings (SSSR count). The second kappa shape index (κ2) is 4.70. The molecule has 0 saturated heterocycles. The Kier molecular flexibility index (Phi) is 2.89. The Morgan fingerprint density at radius 2 is 2.21 bits per heavy atom. The molecule has 5 heteroatoms. The van der Waals surface area contributed by atoms with E-state index in [0.717, 1.165) is 16.6 Å². The molecule has 0 aliphatic heterocycles. The Balaban J connectivity index is 2.01. The number of carbonyl (C=O) groups is 1. The molecule has 0 bridgehead atoms. The van der Waals surface area contributed by atoms with E-state index in [2.05, 4.69) is 9.97 Å². The van der Waals surface area contributed by atoms with Crippen molar-refractivity contribution in [2.75, 3.05) is 6.54 Å². The Morgan fingerprint density at radius 1 is 1.37 bits per heavy atom. The number of carbonyl (C=O) groups excluding carboxylic acids is 1. The number of hydrogen-bond acceptors (Lipinski definition) is 3. The average molecular weight is 254 g/mol. The van der Waals surface area contributed by atoms with Crippen LogP contribution in [0.25, 0.3) is 10.9 Å². The molecule has 5 nitrogen and oxygen atoms in total. The third-order valence-electron chi connectivity index (χ3n) is 3.09. The van der Waals surface area contributed by atoms with Gasteiger partial charge in [0, 0.05) is 29.2 Å². The smallest absolute Gasteiger partial charge is 0.279 e. The highest BCUT2D eigenvalue weighted by Gasteiger charge is 2.14. The number of hydrogen-bond donors (Lipinski definition) is 2. The summed E-state index contributed by atoms with van der Waals surface area (Å²) in [5.74, 6) is -0.114. The number of aromatic amines is 1. The molecule has 3 N–H and O–H groups in total. The zero-order chi connectivity index (χ0) is 13.2. The fourth-order valence-corrected chi connectivity index (χ4v) is 2.16. The number of nitrogens with one attached hydrogen (secondary N) is 1. The SMILES string of the molecule is NCCc1cncn1C(=O)c1cc2ccccc2[nH]1. The number of aromatic nitrogens is 3. The van der Waals surface area contributed by atoms with Gasteiger partial charge in [0.1, 0.15) is 12.0 Å². The van der Waals surface area contributed by atoms with Gasteiger partial charge < -0.3 is 10.7 Å². The number of benzene rings is 1. The Morgan fingerprint density at radius 3 is 3.00 bits per heavy atom. The van der Waals surface area contributed by atoms with E-state index in [1.807, 2.05) is 30.3 Å². The van der Waals surface area contributed by atoms with Gasteiger partial charge in [0.2, 0.25) is 0 Å². The van der Waals surface area contributed by atoms with E-state index in [4.69, 9.17) is 5.73 Å². The number of rotatable bonds is 3. The maximum Gasteiger partial charge on any atom is 0.279 e. The van der Waals surface area contributed by atoms with E-state index in [1.165, 1.54) is 10.9 Å². The van der Waals surface area contributed by atoms with Crippen LogP contribution in [0.5, 0.6) is 0 Å². The lowest BCUT2D eigenvalue weighted by molar-refractivity contribution is 0.0953. The van der Waals surface area contributed by atoms with E-state index in [1.54, 1.807) is 6.20 Å². The van der Waals surface area contributed by atoms with Crippen LogP contribution in [-0.2, 0) is 6.42 Å². The molecule has 3 aromatic rings. The Hall–Kier alpha value is -2.40. The standard InChI is InChI=1S/C14H14N4O/c15-6-5-11-8-16-9-18(11)14(19)13-7-10-3-1-2-4-12(10)17-13/h1-4,7-9,17H,5-6,15H2. The van der Waals surface area contributed by atoms with E-state index in [9.17, 15) is 4.79 Å². The summed E-state index contributed by atoms with van der Waals surface area (Å²) in [6.07, 6.45) is 3.83. The molecule has 19 heavy (non-hydrogen) atoms. The van der Waals surface area contributed by atoms with Crippen LogP contribution in [0.2, 0.25) is 0 Å². The van der Waals surface area contributed by atoms with Gasteiger partial charge in [0.15, 0.2) is 0 Å². The highest BCUT2D eigenvalue weighted by Crippen LogP contribution is 2.16. The maximum absolute atomic E-state index is 12.4. The third-order valence-corrected chi connectivity index (χ3v) is 3.09. The van der Waals surface area contributed by atoms with E-state index in [0.29, 0.717) is 18.7 Å². The first-order valence-corrected chi connectivity index (χ1v) is 6.13. The first-order valence-electron chi connectivity index (χ1n) is 6.13. The number of imidazole rings is 1. The van der Waals surface area contributed by atoms with Crippen molar-refractivity contribution >= 4 is 16.8 Å². The van der Waals surface area contributed by atoms with E-state index >= 15 is 0 Å². The summed E-state index contributed by atoms with van der Waals surface area (Å²) < 4.78 is 1.54. The molecule has 2 aromatic heterocycles. The molecule has 0 saturated carbocycles. The van der Waals surface area contributed by atoms with Crippen LogP contribution < -0.4 is 5.73 Å². The molecular weight excluding hydrogens is 240 g/mol. The molecule has 0 aliphatic rings. The minimum atomic E-state index is -0.114. The lowest BCUT2D eigenvalue weighted by Crippen LogP contribution is -2.16. The van der Waals surface area contributed by atoms with Gasteiger partial charge in [-0.1, -0.05) is 18.2 Å². The molecular formula is C14H14N4O. The molecule has 0 atom stereocenters. The average Bonchev–Trinajstić information content (AvgIpc) is 3.04. The van der Waals surface area contributed by atoms with Crippen molar-refractivity contribution in [2.24, 2.45) is 5.73 Å². The monoisotopic (exact) mass is 254 g/mol. The summed E-state index contributed by atoms with van der Waals surface area (Å²) in [6, 6.07) is 9.65. The van der Waals surface area contributed by atoms with Crippen LogP contribution in [0.4, 0.5) is 0 Å². The molecule has 0 fully saturated rings. The van der Waals surface area contributed by atoms with Crippen LogP contribution in [0, 0.1) is 0 Å². The van der Waals surface area contributed by atoms with Crippen LogP contribution >= 0.6 is 0 Å². The minimum Gasteiger partial charge on any atom is -0.351 e. The summed E-state index contributed by atoms with van der Waals surface area (Å²) in [6.45, 7) is 0.492. The van der Waals surface area contributed by atoms with Crippen LogP contribution in [0.1, 0.15) is 16.2 Å². The quantitative estimate of drug-likeness (QED) is 0.744. The predicted molar refractivity (Wildman–Crippen MR) is 73.0 cm³/mol. The first-order chi connectivity index (χ1) is 9.29. The number of nitrogens with two attached hydrogens (primary N) is 1. The molecule has 0 amide bonds. The van der Waals surface area contributed by atoms with Gasteiger partial charge in [-0.05, 0) is 18.7 Å². The highest BCUT2D eigenvalue weighted by atomic mass is 16.2.